The van der Waals surface area contributed by atoms with Crippen molar-refractivity contribution in [3.05, 3.63) is 58.5 Å². The number of carbonyl (C=O) groups excluding carboxylic acids is 1. The molecular weight excluding hydrogens is 412 g/mol. The maximum Gasteiger partial charge on any atom is 0.341 e. The number of nitrogens with one attached hydrogen (secondary N) is 2. The Kier molecular flexibility index (Phi) is 6.65. The fourth-order valence-corrected chi connectivity index (χ4v) is 5.40. The predicted molar refractivity (Wildman–Crippen MR) is 130 cm³/mol. The fourth-order valence-electron chi connectivity index (χ4n) is 3.84. The van der Waals surface area contributed by atoms with E-state index in [1.807, 2.05) is 24.3 Å². The molecule has 0 spiro atoms. The van der Waals surface area contributed by atoms with Gasteiger partial charge in [-0.2, -0.15) is 0 Å². The second kappa shape index (κ2) is 9.58. The lowest BCUT2D eigenvalue weighted by Gasteiger charge is -2.14. The molecule has 2 aromatic carbocycles. The van der Waals surface area contributed by atoms with Gasteiger partial charge in [0, 0.05) is 16.0 Å². The van der Waals surface area contributed by atoms with E-state index in [-0.39, 0.29) is 5.97 Å². The third-order valence-electron chi connectivity index (χ3n) is 5.37. The molecule has 0 amide bonds. The lowest BCUT2D eigenvalue weighted by Crippen LogP contribution is -2.20. The van der Waals surface area contributed by atoms with Crippen molar-refractivity contribution in [2.75, 3.05) is 17.2 Å². The van der Waals surface area contributed by atoms with E-state index in [0.717, 1.165) is 65.5 Å². The van der Waals surface area contributed by atoms with E-state index in [0.29, 0.717) is 17.3 Å². The van der Waals surface area contributed by atoms with Gasteiger partial charge in [-0.25, -0.2) is 4.79 Å². The molecule has 1 aliphatic rings. The monoisotopic (exact) mass is 438 g/mol. The number of unbranched alkanes of at least 4 members (excludes halogenated alkanes) is 1. The molecule has 2 N–H and O–H groups in total. The van der Waals surface area contributed by atoms with E-state index < -0.39 is 0 Å². The van der Waals surface area contributed by atoms with Crippen molar-refractivity contribution in [2.24, 2.45) is 0 Å². The van der Waals surface area contributed by atoms with Gasteiger partial charge in [0.25, 0.3) is 0 Å². The summed E-state index contributed by atoms with van der Waals surface area (Å²) in [5.41, 5.74) is 2.76. The minimum Gasteiger partial charge on any atom is -0.462 e. The van der Waals surface area contributed by atoms with Crippen molar-refractivity contribution in [1.82, 2.24) is 0 Å². The molecule has 1 heterocycles. The average molecular weight is 439 g/mol. The lowest BCUT2D eigenvalue weighted by atomic mass is 9.95. The molecule has 0 bridgehead atoms. The van der Waals surface area contributed by atoms with Crippen LogP contribution in [-0.2, 0) is 17.6 Å². The number of aryl methyl sites for hydroxylation is 1. The minimum absolute atomic E-state index is 0.238. The van der Waals surface area contributed by atoms with Gasteiger partial charge >= 0.3 is 5.97 Å². The van der Waals surface area contributed by atoms with E-state index in [4.69, 9.17) is 17.0 Å². The molecular formula is C24H26N2O2S2. The molecule has 0 saturated heterocycles. The summed E-state index contributed by atoms with van der Waals surface area (Å²) in [5, 5.41) is 10.1. The first kappa shape index (κ1) is 20.8. The second-order valence-electron chi connectivity index (χ2n) is 7.51. The van der Waals surface area contributed by atoms with Gasteiger partial charge < -0.3 is 15.4 Å². The number of rotatable bonds is 6. The lowest BCUT2D eigenvalue weighted by molar-refractivity contribution is 0.0500. The van der Waals surface area contributed by atoms with Gasteiger partial charge in [-0.1, -0.05) is 49.7 Å². The number of hydrogen-bond acceptors (Lipinski definition) is 4. The molecule has 0 unspecified atom stereocenters. The first-order valence-electron chi connectivity index (χ1n) is 10.5. The van der Waals surface area contributed by atoms with Gasteiger partial charge in [-0.15, -0.1) is 11.3 Å². The van der Waals surface area contributed by atoms with Crippen LogP contribution in [0.5, 0.6) is 0 Å². The van der Waals surface area contributed by atoms with Crippen molar-refractivity contribution in [1.29, 1.82) is 0 Å². The standard InChI is InChI=1S/C24H26N2O2S2/c1-2-3-15-28-23(27)21-18-12-6-7-14-20(18)30-22(21)26-24(29)25-19-13-8-10-16-9-4-5-11-17(16)19/h4-5,8-11,13H,2-3,6-7,12,14-15H2,1H3,(H2,25,26,29). The van der Waals surface area contributed by atoms with Gasteiger partial charge in [-0.3, -0.25) is 0 Å². The molecule has 0 fully saturated rings. The summed E-state index contributed by atoms with van der Waals surface area (Å²) >= 11 is 7.24. The molecule has 0 aliphatic heterocycles. The smallest absolute Gasteiger partial charge is 0.341 e. The number of thiophene rings is 1. The number of esters is 1. The summed E-state index contributed by atoms with van der Waals surface area (Å²) in [4.78, 5) is 14.1. The number of carbonyl (C=O) groups is 1. The summed E-state index contributed by atoms with van der Waals surface area (Å²) in [7, 11) is 0. The molecule has 6 heteroatoms. The number of fused-ring (bicyclic) bond motifs is 2. The van der Waals surface area contributed by atoms with Gasteiger partial charge in [-0.05, 0) is 61.3 Å². The number of benzene rings is 2. The fraction of sp³-hybridized carbons (Fsp3) is 0.333. The Morgan fingerprint density at radius 1 is 1.10 bits per heavy atom. The zero-order valence-electron chi connectivity index (χ0n) is 17.1. The zero-order valence-corrected chi connectivity index (χ0v) is 18.8. The number of anilines is 2. The van der Waals surface area contributed by atoms with Crippen molar-refractivity contribution < 1.29 is 9.53 Å². The first-order valence-corrected chi connectivity index (χ1v) is 11.8. The summed E-state index contributed by atoms with van der Waals surface area (Å²) in [6, 6.07) is 14.3. The Bertz CT molecular complexity index is 1070. The normalized spacial score (nSPS) is 13.0. The molecule has 3 aromatic rings. The quantitative estimate of drug-likeness (QED) is 0.260. The topological polar surface area (TPSA) is 50.4 Å². The van der Waals surface area contributed by atoms with Crippen molar-refractivity contribution >= 4 is 56.1 Å². The second-order valence-corrected chi connectivity index (χ2v) is 9.02. The van der Waals surface area contributed by atoms with Gasteiger partial charge in [0.15, 0.2) is 5.11 Å². The average Bonchev–Trinajstić information content (AvgIpc) is 3.12. The molecule has 30 heavy (non-hydrogen) atoms. The molecule has 0 atom stereocenters. The SMILES string of the molecule is CCCCOC(=O)c1c(NC(=S)Nc2cccc3ccccc23)sc2c1CCCC2. The molecule has 0 saturated carbocycles. The highest BCUT2D eigenvalue weighted by molar-refractivity contribution is 7.80. The Hall–Kier alpha value is -2.44. The summed E-state index contributed by atoms with van der Waals surface area (Å²) in [6.07, 6.45) is 6.09. The number of hydrogen-bond donors (Lipinski definition) is 2. The zero-order chi connectivity index (χ0) is 20.9. The Morgan fingerprint density at radius 3 is 2.77 bits per heavy atom. The maximum absolute atomic E-state index is 12.9. The summed E-state index contributed by atoms with van der Waals surface area (Å²) in [5.74, 6) is -0.238. The van der Waals surface area contributed by atoms with E-state index in [9.17, 15) is 4.79 Å². The number of ether oxygens (including phenoxy) is 1. The van der Waals surface area contributed by atoms with Crippen molar-refractivity contribution in [3.63, 3.8) is 0 Å². The molecule has 4 nitrogen and oxygen atoms in total. The molecule has 0 radical (unpaired) electrons. The van der Waals surface area contributed by atoms with Crippen LogP contribution in [0.1, 0.15) is 53.4 Å². The van der Waals surface area contributed by atoms with Gasteiger partial charge in [0.2, 0.25) is 0 Å². The van der Waals surface area contributed by atoms with Crippen LogP contribution in [-0.4, -0.2) is 17.7 Å². The van der Waals surface area contributed by atoms with Crippen LogP contribution in [0.15, 0.2) is 42.5 Å². The van der Waals surface area contributed by atoms with Gasteiger partial charge in [0.05, 0.1) is 12.2 Å². The molecule has 4 rings (SSSR count). The highest BCUT2D eigenvalue weighted by Crippen LogP contribution is 2.38. The summed E-state index contributed by atoms with van der Waals surface area (Å²) < 4.78 is 5.56. The van der Waals surface area contributed by atoms with Crippen molar-refractivity contribution in [3.8, 4) is 0 Å². The van der Waals surface area contributed by atoms with Crippen LogP contribution in [0, 0.1) is 0 Å². The first-order chi connectivity index (χ1) is 14.7. The summed E-state index contributed by atoms with van der Waals surface area (Å²) in [6.45, 7) is 2.54. The van der Waals surface area contributed by atoms with Gasteiger partial charge in [0.1, 0.15) is 5.00 Å². The van der Waals surface area contributed by atoms with Crippen LogP contribution >= 0.6 is 23.6 Å². The van der Waals surface area contributed by atoms with Crippen LogP contribution in [0.3, 0.4) is 0 Å². The van der Waals surface area contributed by atoms with E-state index in [1.165, 1.54) is 4.88 Å². The Morgan fingerprint density at radius 2 is 1.90 bits per heavy atom. The Labute approximate surface area is 186 Å². The highest BCUT2D eigenvalue weighted by atomic mass is 32.1. The van der Waals surface area contributed by atoms with Crippen molar-refractivity contribution in [2.45, 2.75) is 45.4 Å². The van der Waals surface area contributed by atoms with Crippen LogP contribution in [0.2, 0.25) is 0 Å². The number of thiocarbonyl (C=S) groups is 1. The molecule has 1 aliphatic carbocycles. The minimum atomic E-state index is -0.238. The maximum atomic E-state index is 12.9. The third-order valence-corrected chi connectivity index (χ3v) is 6.78. The molecule has 1 aromatic heterocycles. The van der Waals surface area contributed by atoms with Crippen LogP contribution in [0.4, 0.5) is 10.7 Å². The predicted octanol–water partition coefficient (Wildman–Crippen LogP) is 6.55. The van der Waals surface area contributed by atoms with E-state index in [2.05, 4.69) is 35.8 Å². The highest BCUT2D eigenvalue weighted by Gasteiger charge is 2.27. The molecule has 156 valence electrons. The van der Waals surface area contributed by atoms with Crippen LogP contribution < -0.4 is 10.6 Å². The third kappa shape index (κ3) is 4.50. The van der Waals surface area contributed by atoms with E-state index >= 15 is 0 Å². The largest absolute Gasteiger partial charge is 0.462 e. The van der Waals surface area contributed by atoms with Crippen LogP contribution in [0.25, 0.3) is 10.8 Å². The van der Waals surface area contributed by atoms with E-state index in [1.54, 1.807) is 11.3 Å². The Balaban J connectivity index is 1.56.